The number of hydrogen-bond acceptors (Lipinski definition) is 2. The fourth-order valence-electron chi connectivity index (χ4n) is 1.40. The number of hydrogen-bond donors (Lipinski definition) is 3. The second kappa shape index (κ2) is 8.14. The Kier molecular flexibility index (Phi) is 6.49. The summed E-state index contributed by atoms with van der Waals surface area (Å²) in [6.45, 7) is 4.89. The van der Waals surface area contributed by atoms with Crippen LogP contribution in [-0.4, -0.2) is 25.0 Å². The average Bonchev–Trinajstić information content (AvgIpc) is 2.39. The summed E-state index contributed by atoms with van der Waals surface area (Å²) in [5.41, 5.74) is 0.494. The van der Waals surface area contributed by atoms with Crippen LogP contribution in [0.25, 0.3) is 0 Å². The lowest BCUT2D eigenvalue weighted by atomic mass is 10.2. The summed E-state index contributed by atoms with van der Waals surface area (Å²) in [7, 11) is 0. The Morgan fingerprint density at radius 3 is 2.40 bits per heavy atom. The third kappa shape index (κ3) is 6.72. The van der Waals surface area contributed by atoms with Crippen LogP contribution in [0.5, 0.6) is 0 Å². The van der Waals surface area contributed by atoms with Gasteiger partial charge in [-0.25, -0.2) is 9.18 Å². The van der Waals surface area contributed by atoms with E-state index in [0.717, 1.165) is 0 Å². The molecule has 110 valence electrons. The van der Waals surface area contributed by atoms with Crippen LogP contribution in [0.4, 0.5) is 14.9 Å². The summed E-state index contributed by atoms with van der Waals surface area (Å²) in [6.07, 6.45) is 0.226. The highest BCUT2D eigenvalue weighted by Gasteiger charge is 2.05. The molecule has 0 radical (unpaired) electrons. The molecule has 6 heteroatoms. The Hall–Kier alpha value is -2.11. The monoisotopic (exact) mass is 281 g/mol. The summed E-state index contributed by atoms with van der Waals surface area (Å²) in [5.74, 6) is -0.0627. The summed E-state index contributed by atoms with van der Waals surface area (Å²) < 4.78 is 12.7. The molecule has 0 aromatic heterocycles. The zero-order valence-electron chi connectivity index (χ0n) is 11.7. The van der Waals surface area contributed by atoms with Crippen molar-refractivity contribution in [1.82, 2.24) is 10.6 Å². The van der Waals surface area contributed by atoms with Gasteiger partial charge in [-0.3, -0.25) is 4.79 Å². The van der Waals surface area contributed by atoms with Crippen molar-refractivity contribution in [2.45, 2.75) is 20.3 Å². The molecule has 3 N–H and O–H groups in total. The van der Waals surface area contributed by atoms with Gasteiger partial charge in [0.1, 0.15) is 5.82 Å². The molecule has 0 aliphatic rings. The van der Waals surface area contributed by atoms with Crippen LogP contribution in [-0.2, 0) is 4.79 Å². The molecule has 0 saturated carbocycles. The van der Waals surface area contributed by atoms with Crippen LogP contribution in [0.1, 0.15) is 20.3 Å². The highest BCUT2D eigenvalue weighted by Crippen LogP contribution is 2.07. The van der Waals surface area contributed by atoms with Crippen LogP contribution in [0.3, 0.4) is 0 Å². The van der Waals surface area contributed by atoms with Gasteiger partial charge in [0.15, 0.2) is 0 Å². The predicted molar refractivity (Wildman–Crippen MR) is 75.9 cm³/mol. The molecule has 0 unspecified atom stereocenters. The lowest BCUT2D eigenvalue weighted by molar-refractivity contribution is -0.121. The maximum absolute atomic E-state index is 12.7. The van der Waals surface area contributed by atoms with Gasteiger partial charge >= 0.3 is 6.03 Å². The van der Waals surface area contributed by atoms with Crippen molar-refractivity contribution in [1.29, 1.82) is 0 Å². The number of halogens is 1. The molecule has 0 heterocycles. The largest absolute Gasteiger partial charge is 0.356 e. The number of carbonyl (C=O) groups excluding carboxylic acids is 2. The van der Waals surface area contributed by atoms with Crippen LogP contribution < -0.4 is 16.0 Å². The normalized spacial score (nSPS) is 10.2. The van der Waals surface area contributed by atoms with Gasteiger partial charge in [-0.05, 0) is 30.2 Å². The predicted octanol–water partition coefficient (Wildman–Crippen LogP) is 2.11. The molecule has 1 aromatic carbocycles. The maximum atomic E-state index is 12.7. The zero-order valence-corrected chi connectivity index (χ0v) is 11.7. The van der Waals surface area contributed by atoms with Crippen molar-refractivity contribution >= 4 is 17.6 Å². The highest BCUT2D eigenvalue weighted by molar-refractivity contribution is 5.89. The first-order valence-corrected chi connectivity index (χ1v) is 6.54. The lowest BCUT2D eigenvalue weighted by Gasteiger charge is -2.09. The van der Waals surface area contributed by atoms with Crippen molar-refractivity contribution in [2.75, 3.05) is 18.4 Å². The quantitative estimate of drug-likeness (QED) is 0.747. The zero-order chi connectivity index (χ0) is 15.0. The number of nitrogens with one attached hydrogen (secondary N) is 3. The molecular weight excluding hydrogens is 261 g/mol. The van der Waals surface area contributed by atoms with E-state index in [0.29, 0.717) is 18.2 Å². The highest BCUT2D eigenvalue weighted by atomic mass is 19.1. The van der Waals surface area contributed by atoms with Gasteiger partial charge in [-0.15, -0.1) is 0 Å². The molecule has 5 nitrogen and oxygen atoms in total. The lowest BCUT2D eigenvalue weighted by Crippen LogP contribution is -2.34. The van der Waals surface area contributed by atoms with Crippen LogP contribution >= 0.6 is 0 Å². The van der Waals surface area contributed by atoms with E-state index in [1.807, 2.05) is 13.8 Å². The van der Waals surface area contributed by atoms with Crippen molar-refractivity contribution in [2.24, 2.45) is 5.92 Å². The van der Waals surface area contributed by atoms with Crippen LogP contribution in [0.15, 0.2) is 24.3 Å². The first kappa shape index (κ1) is 15.9. The molecule has 0 saturated heterocycles. The molecule has 0 spiro atoms. The molecule has 1 aromatic rings. The van der Waals surface area contributed by atoms with Crippen molar-refractivity contribution < 1.29 is 14.0 Å². The summed E-state index contributed by atoms with van der Waals surface area (Å²) >= 11 is 0. The number of amides is 3. The van der Waals surface area contributed by atoms with E-state index in [-0.39, 0.29) is 24.7 Å². The fourth-order valence-corrected chi connectivity index (χ4v) is 1.40. The Bertz CT molecular complexity index is 446. The first-order valence-electron chi connectivity index (χ1n) is 6.54. The maximum Gasteiger partial charge on any atom is 0.319 e. The molecule has 1 rings (SSSR count). The van der Waals surface area contributed by atoms with E-state index in [2.05, 4.69) is 16.0 Å². The Balaban J connectivity index is 2.20. The Morgan fingerprint density at radius 1 is 1.15 bits per heavy atom. The minimum absolute atomic E-state index is 0.0965. The van der Waals surface area contributed by atoms with E-state index >= 15 is 0 Å². The van der Waals surface area contributed by atoms with Crippen molar-refractivity contribution in [3.63, 3.8) is 0 Å². The van der Waals surface area contributed by atoms with Crippen LogP contribution in [0.2, 0.25) is 0 Å². The second-order valence-corrected chi connectivity index (χ2v) is 4.84. The first-order chi connectivity index (χ1) is 9.47. The molecule has 0 bridgehead atoms. The van der Waals surface area contributed by atoms with E-state index in [4.69, 9.17) is 0 Å². The van der Waals surface area contributed by atoms with E-state index in [9.17, 15) is 14.0 Å². The van der Waals surface area contributed by atoms with Gasteiger partial charge < -0.3 is 16.0 Å². The summed E-state index contributed by atoms with van der Waals surface area (Å²) in [6, 6.07) is 5.02. The molecule has 0 aliphatic carbocycles. The fraction of sp³-hybridized carbons (Fsp3) is 0.429. The molecule has 0 atom stereocenters. The van der Waals surface area contributed by atoms with Gasteiger partial charge in [-0.2, -0.15) is 0 Å². The third-order valence-electron chi connectivity index (χ3n) is 2.45. The number of urea groups is 1. The van der Waals surface area contributed by atoms with Gasteiger partial charge in [0, 0.05) is 25.2 Å². The third-order valence-corrected chi connectivity index (χ3v) is 2.45. The van der Waals surface area contributed by atoms with E-state index in [1.165, 1.54) is 24.3 Å². The average molecular weight is 281 g/mol. The molecule has 0 fully saturated rings. The number of benzene rings is 1. The SMILES string of the molecule is CC(C)CNC(=O)CCNC(=O)Nc1ccc(F)cc1. The molecule has 3 amide bonds. The number of rotatable bonds is 6. The van der Waals surface area contributed by atoms with Gasteiger partial charge in [0.05, 0.1) is 0 Å². The molecule has 0 aliphatic heterocycles. The summed E-state index contributed by atoms with van der Waals surface area (Å²) in [4.78, 5) is 22.9. The minimum Gasteiger partial charge on any atom is -0.356 e. The number of anilines is 1. The number of carbonyl (C=O) groups is 2. The van der Waals surface area contributed by atoms with Crippen molar-refractivity contribution in [3.05, 3.63) is 30.1 Å². The van der Waals surface area contributed by atoms with E-state index in [1.54, 1.807) is 0 Å². The molecular formula is C14H20FN3O2. The standard InChI is InChI=1S/C14H20FN3O2/c1-10(2)9-17-13(19)7-8-16-14(20)18-12-5-3-11(15)4-6-12/h3-6,10H,7-9H2,1-2H3,(H,17,19)(H2,16,18,20). The van der Waals surface area contributed by atoms with Gasteiger partial charge in [0.2, 0.25) is 5.91 Å². The topological polar surface area (TPSA) is 70.2 Å². The van der Waals surface area contributed by atoms with Crippen LogP contribution in [0, 0.1) is 11.7 Å². The van der Waals surface area contributed by atoms with E-state index < -0.39 is 6.03 Å². The van der Waals surface area contributed by atoms with Crippen molar-refractivity contribution in [3.8, 4) is 0 Å². The second-order valence-electron chi connectivity index (χ2n) is 4.84. The Morgan fingerprint density at radius 2 is 1.80 bits per heavy atom. The Labute approximate surface area is 117 Å². The van der Waals surface area contributed by atoms with Gasteiger partial charge in [-0.1, -0.05) is 13.8 Å². The van der Waals surface area contributed by atoms with Gasteiger partial charge in [0.25, 0.3) is 0 Å². The minimum atomic E-state index is -0.423. The smallest absolute Gasteiger partial charge is 0.319 e. The summed E-state index contributed by atoms with van der Waals surface area (Å²) in [5, 5.41) is 7.86. The molecule has 20 heavy (non-hydrogen) atoms.